The van der Waals surface area contributed by atoms with Gasteiger partial charge in [0.2, 0.25) is 5.95 Å². The lowest BCUT2D eigenvalue weighted by molar-refractivity contribution is -0.0442. The number of aromatic nitrogens is 4. The van der Waals surface area contributed by atoms with Gasteiger partial charge in [-0.3, -0.25) is 4.98 Å². The molecular weight excluding hydrogens is 512 g/mol. The van der Waals surface area contributed by atoms with E-state index in [0.29, 0.717) is 46.4 Å². The van der Waals surface area contributed by atoms with Gasteiger partial charge in [0.25, 0.3) is 0 Å². The lowest BCUT2D eigenvalue weighted by Crippen LogP contribution is -2.48. The third-order valence-corrected chi connectivity index (χ3v) is 9.80. The molecule has 12 heteroatoms. The van der Waals surface area contributed by atoms with Gasteiger partial charge in [-0.05, 0) is 57.9 Å². The minimum absolute atomic E-state index is 0.183. The van der Waals surface area contributed by atoms with Crippen molar-refractivity contribution in [2.24, 2.45) is 5.92 Å². The van der Waals surface area contributed by atoms with Crippen LogP contribution >= 0.6 is 11.3 Å². The van der Waals surface area contributed by atoms with E-state index >= 15 is 0 Å². The summed E-state index contributed by atoms with van der Waals surface area (Å²) in [7, 11) is -3.31. The van der Waals surface area contributed by atoms with Crippen LogP contribution < -0.4 is 10.6 Å². The zero-order chi connectivity index (χ0) is 25.9. The first-order valence-corrected chi connectivity index (χ1v) is 15.7. The number of nitrogens with one attached hydrogen (secondary N) is 2. The Labute approximate surface area is 219 Å². The third-order valence-electron chi connectivity index (χ3n) is 7.73. The number of aliphatic hydroxyl groups is 2. The first-order chi connectivity index (χ1) is 17.6. The van der Waals surface area contributed by atoms with Crippen molar-refractivity contribution in [3.05, 3.63) is 23.7 Å². The Kier molecular flexibility index (Phi) is 6.13. The van der Waals surface area contributed by atoms with E-state index in [0.717, 1.165) is 54.3 Å². The zero-order valence-corrected chi connectivity index (χ0v) is 22.6. The van der Waals surface area contributed by atoms with Crippen LogP contribution in [0.4, 0.5) is 11.8 Å². The summed E-state index contributed by atoms with van der Waals surface area (Å²) in [5.41, 5.74) is 1.54. The van der Waals surface area contributed by atoms with E-state index in [9.17, 15) is 18.6 Å². The summed E-state index contributed by atoms with van der Waals surface area (Å²) in [6, 6.07) is 2.27. The van der Waals surface area contributed by atoms with Gasteiger partial charge in [-0.2, -0.15) is 4.98 Å². The maximum atomic E-state index is 11.9. The lowest BCUT2D eigenvalue weighted by Gasteiger charge is -2.32. The van der Waals surface area contributed by atoms with Gasteiger partial charge in [-0.15, -0.1) is 11.3 Å². The Bertz CT molecular complexity index is 1450. The highest BCUT2D eigenvalue weighted by Gasteiger charge is 2.48. The maximum Gasteiger partial charge on any atom is 0.225 e. The summed E-state index contributed by atoms with van der Waals surface area (Å²) in [6.45, 7) is 1.89. The van der Waals surface area contributed by atoms with Gasteiger partial charge in [-0.1, -0.05) is 0 Å². The van der Waals surface area contributed by atoms with Crippen LogP contribution in [0.1, 0.15) is 62.3 Å². The molecule has 3 aromatic rings. The van der Waals surface area contributed by atoms with Crippen molar-refractivity contribution in [3.8, 4) is 10.6 Å². The van der Waals surface area contributed by atoms with Crippen LogP contribution in [0.3, 0.4) is 0 Å². The number of hydrogen-bond acceptors (Lipinski definition) is 11. The van der Waals surface area contributed by atoms with Crippen molar-refractivity contribution >= 4 is 43.2 Å². The van der Waals surface area contributed by atoms with Crippen LogP contribution in [0.5, 0.6) is 0 Å². The molecule has 0 saturated heterocycles. The highest BCUT2D eigenvalue weighted by atomic mass is 32.2. The molecule has 0 radical (unpaired) electrons. The highest BCUT2D eigenvalue weighted by Crippen LogP contribution is 2.45. The fourth-order valence-electron chi connectivity index (χ4n) is 5.36. The average Bonchev–Trinajstić information content (AvgIpc) is 3.49. The van der Waals surface area contributed by atoms with Crippen LogP contribution in [0.25, 0.3) is 20.8 Å². The van der Waals surface area contributed by atoms with Crippen molar-refractivity contribution in [1.82, 2.24) is 19.9 Å². The van der Waals surface area contributed by atoms with Crippen LogP contribution in [0.2, 0.25) is 0 Å². The van der Waals surface area contributed by atoms with Crippen molar-refractivity contribution in [2.75, 3.05) is 22.6 Å². The van der Waals surface area contributed by atoms with Gasteiger partial charge < -0.3 is 20.8 Å². The molecule has 4 N–H and O–H groups in total. The maximum absolute atomic E-state index is 11.9. The first kappa shape index (κ1) is 24.9. The summed E-state index contributed by atoms with van der Waals surface area (Å²) >= 11 is 1.52. The van der Waals surface area contributed by atoms with Gasteiger partial charge in [-0.25, -0.2) is 18.4 Å². The number of rotatable bonds is 8. The molecule has 10 nitrogen and oxygen atoms in total. The van der Waals surface area contributed by atoms with Crippen molar-refractivity contribution < 1.29 is 18.6 Å². The molecule has 0 aliphatic heterocycles. The molecule has 3 aliphatic rings. The zero-order valence-electron chi connectivity index (χ0n) is 20.9. The standard InChI is InChI=1S/C25H32N6O4S2/c1-13-18(23-29-20-17(36-23)9-11-26-19(20)14-6-7-14)22(30-24(27-13)28-16-4-3-5-16)31-25(33)10-8-15(21(25)32)12-37(2,34)35/h9,11,14-16,21,32-33H,3-8,10,12H2,1-2H3,(H2,27,28,30,31)/t15-,21-,25-/m1/s1. The van der Waals surface area contributed by atoms with Gasteiger partial charge in [0.1, 0.15) is 32.3 Å². The summed E-state index contributed by atoms with van der Waals surface area (Å²) in [5.74, 6) is 0.524. The summed E-state index contributed by atoms with van der Waals surface area (Å²) in [5, 5.41) is 29.7. The second-order valence-corrected chi connectivity index (χ2v) is 14.1. The minimum atomic E-state index is -3.31. The number of fused-ring (bicyclic) bond motifs is 1. The Morgan fingerprint density at radius 1 is 1.16 bits per heavy atom. The molecule has 3 heterocycles. The fraction of sp³-hybridized carbons (Fsp3) is 0.600. The second kappa shape index (κ2) is 9.11. The number of aryl methyl sites for hydroxylation is 1. The molecule has 3 saturated carbocycles. The molecule has 3 aliphatic carbocycles. The van der Waals surface area contributed by atoms with E-state index in [1.54, 1.807) is 0 Å². The van der Waals surface area contributed by atoms with Gasteiger partial charge in [0, 0.05) is 30.3 Å². The van der Waals surface area contributed by atoms with E-state index in [2.05, 4.69) is 15.6 Å². The third kappa shape index (κ3) is 4.91. The number of sulfone groups is 1. The molecule has 3 aromatic heterocycles. The van der Waals surface area contributed by atoms with Crippen molar-refractivity contribution in [3.63, 3.8) is 0 Å². The molecular formula is C25H32N6O4S2. The number of aliphatic hydroxyl groups excluding tert-OH is 1. The van der Waals surface area contributed by atoms with Gasteiger partial charge in [0.15, 0.2) is 5.72 Å². The van der Waals surface area contributed by atoms with Crippen LogP contribution in [0, 0.1) is 12.8 Å². The molecule has 0 unspecified atom stereocenters. The smallest absolute Gasteiger partial charge is 0.225 e. The molecule has 0 spiro atoms. The fourth-order valence-corrected chi connectivity index (χ4v) is 7.56. The number of pyridine rings is 1. The van der Waals surface area contributed by atoms with Gasteiger partial charge in [0.05, 0.1) is 27.4 Å². The number of anilines is 2. The van der Waals surface area contributed by atoms with Crippen LogP contribution in [-0.2, 0) is 9.84 Å². The molecule has 3 fully saturated rings. The summed E-state index contributed by atoms with van der Waals surface area (Å²) < 4.78 is 24.8. The number of nitrogens with zero attached hydrogens (tertiary/aromatic N) is 4. The Balaban J connectivity index is 1.40. The topological polar surface area (TPSA) is 150 Å². The Hall–Kier alpha value is -2.41. The molecule has 3 atom stereocenters. The number of thiazole rings is 1. The predicted octanol–water partition coefficient (Wildman–Crippen LogP) is 3.21. The highest BCUT2D eigenvalue weighted by molar-refractivity contribution is 7.90. The minimum Gasteiger partial charge on any atom is -0.388 e. The van der Waals surface area contributed by atoms with Crippen molar-refractivity contribution in [2.45, 2.75) is 75.7 Å². The first-order valence-electron chi connectivity index (χ1n) is 12.9. The molecule has 0 aromatic carbocycles. The van der Waals surface area contributed by atoms with E-state index in [1.165, 1.54) is 11.3 Å². The van der Waals surface area contributed by atoms with Gasteiger partial charge >= 0.3 is 0 Å². The normalized spacial score (nSPS) is 26.4. The largest absolute Gasteiger partial charge is 0.388 e. The summed E-state index contributed by atoms with van der Waals surface area (Å²) in [4.78, 5) is 19.0. The van der Waals surface area contributed by atoms with E-state index in [4.69, 9.17) is 15.0 Å². The van der Waals surface area contributed by atoms with Crippen LogP contribution in [-0.4, -0.2) is 68.4 Å². The second-order valence-electron chi connectivity index (χ2n) is 10.8. The van der Waals surface area contributed by atoms with Crippen LogP contribution in [0.15, 0.2) is 12.3 Å². The molecule has 198 valence electrons. The van der Waals surface area contributed by atoms with E-state index in [1.807, 2.05) is 19.2 Å². The Morgan fingerprint density at radius 3 is 2.62 bits per heavy atom. The monoisotopic (exact) mass is 544 g/mol. The SMILES string of the molecule is Cc1nc(NC2CCC2)nc(N[C@@]2(O)CC[C@H](CS(C)(=O)=O)[C@H]2O)c1-c1nc2c(C3CC3)nccc2s1. The molecule has 0 bridgehead atoms. The number of hydrogen-bond donors (Lipinski definition) is 4. The summed E-state index contributed by atoms with van der Waals surface area (Å²) in [6.07, 6.45) is 7.78. The molecule has 37 heavy (non-hydrogen) atoms. The predicted molar refractivity (Wildman–Crippen MR) is 143 cm³/mol. The van der Waals surface area contributed by atoms with Crippen molar-refractivity contribution in [1.29, 1.82) is 0 Å². The quantitative estimate of drug-likeness (QED) is 0.311. The lowest BCUT2D eigenvalue weighted by atomic mass is 9.93. The van der Waals surface area contributed by atoms with E-state index < -0.39 is 27.6 Å². The molecule has 6 rings (SSSR count). The van der Waals surface area contributed by atoms with E-state index in [-0.39, 0.29) is 12.2 Å². The molecule has 0 amide bonds. The Morgan fingerprint density at radius 2 is 1.95 bits per heavy atom. The average molecular weight is 545 g/mol.